The van der Waals surface area contributed by atoms with E-state index in [-0.39, 0.29) is 30.9 Å². The first kappa shape index (κ1) is 27.7. The Bertz CT molecular complexity index is 1020. The van der Waals surface area contributed by atoms with E-state index in [0.717, 1.165) is 18.4 Å². The Labute approximate surface area is 215 Å². The number of hydrogen-bond donors (Lipinski definition) is 0. The summed E-state index contributed by atoms with van der Waals surface area (Å²) in [5, 5.41) is 0. The zero-order valence-electron chi connectivity index (χ0n) is 22.0. The monoisotopic (exact) mass is 527 g/mol. The van der Waals surface area contributed by atoms with Gasteiger partial charge >= 0.3 is 12.1 Å². The second-order valence-electron chi connectivity index (χ2n) is 12.2. The van der Waals surface area contributed by atoms with Gasteiger partial charge in [0.25, 0.3) is 5.91 Å². The van der Waals surface area contributed by atoms with Crippen molar-refractivity contribution in [1.82, 2.24) is 4.90 Å². The van der Waals surface area contributed by atoms with Crippen molar-refractivity contribution in [3.05, 3.63) is 29.1 Å². The van der Waals surface area contributed by atoms with Gasteiger partial charge in [-0.3, -0.25) is 4.79 Å². The normalized spacial score (nSPS) is 26.8. The molecule has 1 aliphatic heterocycles. The van der Waals surface area contributed by atoms with E-state index >= 15 is 4.39 Å². The molecule has 2 aliphatic carbocycles. The summed E-state index contributed by atoms with van der Waals surface area (Å²) < 4.78 is 66.0. The van der Waals surface area contributed by atoms with Gasteiger partial charge in [0, 0.05) is 18.0 Å². The number of ether oxygens (including phenoxy) is 2. The maximum Gasteiger partial charge on any atom is 0.391 e. The lowest BCUT2D eigenvalue weighted by Gasteiger charge is -2.37. The number of rotatable bonds is 6. The minimum absolute atomic E-state index is 0.0648. The van der Waals surface area contributed by atoms with E-state index in [0.29, 0.717) is 38.0 Å². The van der Waals surface area contributed by atoms with Crippen LogP contribution in [-0.4, -0.2) is 47.7 Å². The molecule has 1 aromatic rings. The third-order valence-electron chi connectivity index (χ3n) is 7.77. The zero-order chi connectivity index (χ0) is 27.2. The molecule has 1 atom stereocenters. The Morgan fingerprint density at radius 1 is 1.05 bits per heavy atom. The minimum Gasteiger partial charge on any atom is -0.493 e. The summed E-state index contributed by atoms with van der Waals surface area (Å²) in [7, 11) is 0. The molecule has 1 aromatic carbocycles. The Morgan fingerprint density at radius 2 is 1.70 bits per heavy atom. The number of nitrogens with zero attached hydrogens (tertiary/aromatic N) is 1. The summed E-state index contributed by atoms with van der Waals surface area (Å²) in [4.78, 5) is 27.4. The average molecular weight is 528 g/mol. The van der Waals surface area contributed by atoms with Gasteiger partial charge in [-0.2, -0.15) is 13.2 Å². The van der Waals surface area contributed by atoms with Gasteiger partial charge in [0.15, 0.2) is 0 Å². The SMILES string of the molecule is CC1(COc2cc(F)c(C(=O)N3CCCC3C(=O)OC(C)(C)C)cc2C2CC2)CCC(C(F)(F)F)CC1. The summed E-state index contributed by atoms with van der Waals surface area (Å²) in [5.41, 5.74) is -0.476. The Balaban J connectivity index is 1.48. The second-order valence-corrected chi connectivity index (χ2v) is 12.2. The Morgan fingerprint density at radius 3 is 2.27 bits per heavy atom. The second kappa shape index (κ2) is 10.1. The van der Waals surface area contributed by atoms with E-state index in [1.54, 1.807) is 20.8 Å². The standard InChI is InChI=1S/C28H37F4NO4/c1-26(2,3)37-25(35)22-6-5-13-33(22)24(34)20-14-19(17-7-8-17)23(15-21(20)29)36-16-27(4)11-9-18(10-12-27)28(30,31)32/h14-15,17-18,22H,5-13,16H2,1-4H3. The highest BCUT2D eigenvalue weighted by molar-refractivity contribution is 5.98. The first-order chi connectivity index (χ1) is 17.2. The van der Waals surface area contributed by atoms with Gasteiger partial charge < -0.3 is 14.4 Å². The molecule has 0 bridgehead atoms. The number of esters is 1. The highest BCUT2D eigenvalue weighted by Crippen LogP contribution is 2.48. The Kier molecular flexibility index (Phi) is 7.56. The zero-order valence-corrected chi connectivity index (χ0v) is 22.0. The van der Waals surface area contributed by atoms with Crippen molar-refractivity contribution in [2.75, 3.05) is 13.2 Å². The largest absolute Gasteiger partial charge is 0.493 e. The lowest BCUT2D eigenvalue weighted by Crippen LogP contribution is -2.43. The lowest BCUT2D eigenvalue weighted by atomic mass is 9.72. The van der Waals surface area contributed by atoms with Crippen LogP contribution in [0.3, 0.4) is 0 Å². The van der Waals surface area contributed by atoms with Crippen LogP contribution in [0.15, 0.2) is 12.1 Å². The van der Waals surface area contributed by atoms with Crippen LogP contribution in [0.5, 0.6) is 5.75 Å². The first-order valence-corrected chi connectivity index (χ1v) is 13.2. The van der Waals surface area contributed by atoms with Crippen LogP contribution in [-0.2, 0) is 9.53 Å². The molecule has 2 saturated carbocycles. The summed E-state index contributed by atoms with van der Waals surface area (Å²) in [5.74, 6) is -2.55. The van der Waals surface area contributed by atoms with Crippen LogP contribution in [0.25, 0.3) is 0 Å². The maximum absolute atomic E-state index is 15.3. The first-order valence-electron chi connectivity index (χ1n) is 13.2. The van der Waals surface area contributed by atoms with E-state index < -0.39 is 46.8 Å². The molecule has 0 N–H and O–H groups in total. The van der Waals surface area contributed by atoms with Crippen LogP contribution < -0.4 is 4.74 Å². The molecule has 4 rings (SSSR count). The predicted molar refractivity (Wildman–Crippen MR) is 130 cm³/mol. The number of carbonyl (C=O) groups excluding carboxylic acids is 2. The van der Waals surface area contributed by atoms with Crippen molar-refractivity contribution in [2.45, 2.75) is 103 Å². The van der Waals surface area contributed by atoms with Gasteiger partial charge in [0.05, 0.1) is 18.1 Å². The fraction of sp³-hybridized carbons (Fsp3) is 0.714. The van der Waals surface area contributed by atoms with Crippen molar-refractivity contribution in [1.29, 1.82) is 0 Å². The molecule has 1 unspecified atom stereocenters. The van der Waals surface area contributed by atoms with Crippen molar-refractivity contribution < 1.29 is 36.6 Å². The van der Waals surface area contributed by atoms with E-state index in [2.05, 4.69) is 0 Å². The molecule has 3 fully saturated rings. The molecule has 9 heteroatoms. The van der Waals surface area contributed by atoms with E-state index in [9.17, 15) is 22.8 Å². The number of alkyl halides is 3. The molecular formula is C28H37F4NO4. The van der Waals surface area contributed by atoms with E-state index in [1.807, 2.05) is 6.92 Å². The van der Waals surface area contributed by atoms with Gasteiger partial charge in [-0.1, -0.05) is 6.92 Å². The van der Waals surface area contributed by atoms with Crippen molar-refractivity contribution in [2.24, 2.45) is 11.3 Å². The molecule has 206 valence electrons. The number of halogens is 4. The molecule has 0 spiro atoms. The summed E-state index contributed by atoms with van der Waals surface area (Å²) in [6.45, 7) is 7.72. The van der Waals surface area contributed by atoms with Gasteiger partial charge in [-0.25, -0.2) is 9.18 Å². The fourth-order valence-corrected chi connectivity index (χ4v) is 5.39. The summed E-state index contributed by atoms with van der Waals surface area (Å²) in [6.07, 6.45) is -0.398. The third kappa shape index (κ3) is 6.58. The molecule has 1 amide bonds. The van der Waals surface area contributed by atoms with Crippen LogP contribution >= 0.6 is 0 Å². The van der Waals surface area contributed by atoms with Crippen LogP contribution in [0, 0.1) is 17.2 Å². The molecule has 1 saturated heterocycles. The van der Waals surface area contributed by atoms with Gasteiger partial charge in [-0.05, 0) is 89.7 Å². The number of benzene rings is 1. The minimum atomic E-state index is -4.18. The molecule has 0 radical (unpaired) electrons. The van der Waals surface area contributed by atoms with Gasteiger partial charge in [-0.15, -0.1) is 0 Å². The molecule has 5 nitrogen and oxygen atoms in total. The third-order valence-corrected chi connectivity index (χ3v) is 7.77. The molecule has 0 aromatic heterocycles. The van der Waals surface area contributed by atoms with Crippen molar-refractivity contribution in [3.8, 4) is 5.75 Å². The molecule has 37 heavy (non-hydrogen) atoms. The molecular weight excluding hydrogens is 490 g/mol. The highest BCUT2D eigenvalue weighted by atomic mass is 19.4. The maximum atomic E-state index is 15.3. The van der Waals surface area contributed by atoms with Crippen molar-refractivity contribution in [3.63, 3.8) is 0 Å². The summed E-state index contributed by atoms with van der Waals surface area (Å²) >= 11 is 0. The predicted octanol–water partition coefficient (Wildman–Crippen LogP) is 6.79. The quantitative estimate of drug-likeness (QED) is 0.302. The molecule has 1 heterocycles. The average Bonchev–Trinajstić information content (AvgIpc) is 3.51. The lowest BCUT2D eigenvalue weighted by molar-refractivity contribution is -0.187. The number of hydrogen-bond acceptors (Lipinski definition) is 4. The molecule has 3 aliphatic rings. The van der Waals surface area contributed by atoms with Gasteiger partial charge in [0.2, 0.25) is 0 Å². The smallest absolute Gasteiger partial charge is 0.391 e. The van der Waals surface area contributed by atoms with Crippen LogP contribution in [0.4, 0.5) is 17.6 Å². The van der Waals surface area contributed by atoms with Crippen LogP contribution in [0.2, 0.25) is 0 Å². The summed E-state index contributed by atoms with van der Waals surface area (Å²) in [6, 6.07) is 2.01. The van der Waals surface area contributed by atoms with Crippen LogP contribution in [0.1, 0.15) is 101 Å². The van der Waals surface area contributed by atoms with Crippen molar-refractivity contribution >= 4 is 11.9 Å². The Hall–Kier alpha value is -2.32. The van der Waals surface area contributed by atoms with E-state index in [1.165, 1.54) is 17.0 Å². The number of carbonyl (C=O) groups is 2. The van der Waals surface area contributed by atoms with E-state index in [4.69, 9.17) is 9.47 Å². The topological polar surface area (TPSA) is 55.8 Å². The number of amides is 1. The number of likely N-dealkylation sites (tertiary alicyclic amines) is 1. The van der Waals surface area contributed by atoms with Gasteiger partial charge in [0.1, 0.15) is 23.2 Å². The highest BCUT2D eigenvalue weighted by Gasteiger charge is 2.45. The fourth-order valence-electron chi connectivity index (χ4n) is 5.39.